The Kier molecular flexibility index (Phi) is 2.41. The number of aromatic nitrogens is 2. The maximum atomic E-state index is 14.0. The average molecular weight is 280 g/mol. The molecule has 0 bridgehead atoms. The highest BCUT2D eigenvalue weighted by Crippen LogP contribution is 2.33. The number of imidazole rings is 1. The Hall–Kier alpha value is -2.95. The van der Waals surface area contributed by atoms with E-state index in [0.717, 1.165) is 0 Å². The van der Waals surface area contributed by atoms with Gasteiger partial charge in [0.15, 0.2) is 17.2 Å². The molecular formula is C16H9FN2O2. The maximum absolute atomic E-state index is 14.0. The fourth-order valence-electron chi connectivity index (χ4n) is 2.50. The minimum Gasteiger partial charge on any atom is -0.453 e. The molecule has 4 nitrogen and oxygen atoms in total. The number of furan rings is 1. The van der Waals surface area contributed by atoms with Gasteiger partial charge >= 0.3 is 0 Å². The van der Waals surface area contributed by atoms with Gasteiger partial charge in [0.25, 0.3) is 0 Å². The molecule has 2 aromatic heterocycles. The van der Waals surface area contributed by atoms with E-state index in [4.69, 9.17) is 4.42 Å². The lowest BCUT2D eigenvalue weighted by Gasteiger charge is -2.01. The minimum absolute atomic E-state index is 0.0913. The molecular weight excluding hydrogens is 271 g/mol. The summed E-state index contributed by atoms with van der Waals surface area (Å²) in [5, 5.41) is 1.19. The van der Waals surface area contributed by atoms with E-state index in [9.17, 15) is 9.18 Å². The molecule has 21 heavy (non-hydrogen) atoms. The highest BCUT2D eigenvalue weighted by molar-refractivity contribution is 6.20. The zero-order chi connectivity index (χ0) is 14.4. The quantitative estimate of drug-likeness (QED) is 0.570. The number of para-hydroxylation sites is 1. The van der Waals surface area contributed by atoms with Crippen LogP contribution >= 0.6 is 0 Å². The Morgan fingerprint density at radius 2 is 2.05 bits per heavy atom. The molecule has 0 aliphatic rings. The van der Waals surface area contributed by atoms with Crippen LogP contribution in [0.25, 0.3) is 21.9 Å². The van der Waals surface area contributed by atoms with Crippen LogP contribution in [0, 0.1) is 5.82 Å². The number of benzene rings is 2. The second-order valence-electron chi connectivity index (χ2n) is 4.66. The minimum atomic E-state index is -0.489. The molecule has 2 heterocycles. The van der Waals surface area contributed by atoms with E-state index in [0.29, 0.717) is 21.9 Å². The smallest absolute Gasteiger partial charge is 0.228 e. The number of aromatic amines is 1. The fourth-order valence-corrected chi connectivity index (χ4v) is 2.50. The van der Waals surface area contributed by atoms with E-state index in [2.05, 4.69) is 9.97 Å². The number of H-pyrrole nitrogens is 1. The molecule has 4 rings (SSSR count). The van der Waals surface area contributed by atoms with Crippen LogP contribution < -0.4 is 0 Å². The molecule has 0 aliphatic heterocycles. The lowest BCUT2D eigenvalue weighted by molar-refractivity contribution is 0.103. The number of carbonyl (C=O) groups is 1. The molecule has 0 aliphatic carbocycles. The van der Waals surface area contributed by atoms with Gasteiger partial charge in [0.05, 0.1) is 0 Å². The SMILES string of the molecule is O=C(c1ncc[nH]1)c1ccc(F)c2oc3ccccc3c12. The van der Waals surface area contributed by atoms with Crippen molar-refractivity contribution in [3.8, 4) is 0 Å². The van der Waals surface area contributed by atoms with Crippen LogP contribution in [0.1, 0.15) is 16.2 Å². The van der Waals surface area contributed by atoms with E-state index < -0.39 is 5.82 Å². The Labute approximate surface area is 118 Å². The first-order valence-electron chi connectivity index (χ1n) is 6.39. The highest BCUT2D eigenvalue weighted by atomic mass is 19.1. The van der Waals surface area contributed by atoms with Crippen LogP contribution in [0.4, 0.5) is 4.39 Å². The number of fused-ring (bicyclic) bond motifs is 3. The zero-order valence-corrected chi connectivity index (χ0v) is 10.8. The van der Waals surface area contributed by atoms with Crippen LogP contribution in [0.15, 0.2) is 53.2 Å². The predicted molar refractivity (Wildman–Crippen MR) is 75.7 cm³/mol. The molecule has 0 unspecified atom stereocenters. The molecule has 0 radical (unpaired) electrons. The zero-order valence-electron chi connectivity index (χ0n) is 10.8. The van der Waals surface area contributed by atoms with Crippen LogP contribution in [0.2, 0.25) is 0 Å². The van der Waals surface area contributed by atoms with Crippen molar-refractivity contribution < 1.29 is 13.6 Å². The molecule has 0 spiro atoms. The predicted octanol–water partition coefficient (Wildman–Crippen LogP) is 3.68. The summed E-state index contributed by atoms with van der Waals surface area (Å²) in [6.45, 7) is 0. The van der Waals surface area contributed by atoms with Gasteiger partial charge < -0.3 is 9.40 Å². The first kappa shape index (κ1) is 11.8. The number of hydrogen-bond donors (Lipinski definition) is 1. The average Bonchev–Trinajstić information content (AvgIpc) is 3.15. The second kappa shape index (κ2) is 4.28. The van der Waals surface area contributed by atoms with Gasteiger partial charge in [-0.2, -0.15) is 0 Å². The molecule has 0 saturated heterocycles. The van der Waals surface area contributed by atoms with Crippen molar-refractivity contribution in [3.05, 3.63) is 66.0 Å². The maximum Gasteiger partial charge on any atom is 0.228 e. The summed E-state index contributed by atoms with van der Waals surface area (Å²) in [7, 11) is 0. The summed E-state index contributed by atoms with van der Waals surface area (Å²) in [6.07, 6.45) is 3.07. The first-order valence-corrected chi connectivity index (χ1v) is 6.39. The van der Waals surface area contributed by atoms with Gasteiger partial charge in [0.1, 0.15) is 5.58 Å². The summed E-state index contributed by atoms with van der Waals surface area (Å²) >= 11 is 0. The third-order valence-electron chi connectivity index (χ3n) is 3.44. The lowest BCUT2D eigenvalue weighted by Crippen LogP contribution is -2.04. The van der Waals surface area contributed by atoms with Crippen LogP contribution in [-0.4, -0.2) is 15.8 Å². The van der Waals surface area contributed by atoms with Crippen molar-refractivity contribution in [2.45, 2.75) is 0 Å². The van der Waals surface area contributed by atoms with E-state index in [1.807, 2.05) is 6.07 Å². The summed E-state index contributed by atoms with van der Waals surface area (Å²) in [6, 6.07) is 9.88. The Balaban J connectivity index is 2.10. The van der Waals surface area contributed by atoms with E-state index in [1.165, 1.54) is 18.3 Å². The van der Waals surface area contributed by atoms with E-state index >= 15 is 0 Å². The number of ketones is 1. The molecule has 102 valence electrons. The molecule has 0 saturated carbocycles. The summed E-state index contributed by atoms with van der Waals surface area (Å²) in [5.41, 5.74) is 1.01. The summed E-state index contributed by atoms with van der Waals surface area (Å²) < 4.78 is 19.5. The summed E-state index contributed by atoms with van der Waals surface area (Å²) in [5.74, 6) is -0.568. The topological polar surface area (TPSA) is 58.9 Å². The van der Waals surface area contributed by atoms with Crippen molar-refractivity contribution >= 4 is 27.7 Å². The normalized spacial score (nSPS) is 11.3. The van der Waals surface area contributed by atoms with Crippen LogP contribution in [0.5, 0.6) is 0 Å². The third kappa shape index (κ3) is 1.67. The van der Waals surface area contributed by atoms with Crippen LogP contribution in [0.3, 0.4) is 0 Å². The number of rotatable bonds is 2. The Morgan fingerprint density at radius 1 is 1.19 bits per heavy atom. The molecule has 5 heteroatoms. The largest absolute Gasteiger partial charge is 0.453 e. The third-order valence-corrected chi connectivity index (χ3v) is 3.44. The van der Waals surface area contributed by atoms with Crippen molar-refractivity contribution in [3.63, 3.8) is 0 Å². The number of nitrogens with one attached hydrogen (secondary N) is 1. The number of carbonyl (C=O) groups excluding carboxylic acids is 1. The standard InChI is InChI=1S/C16H9FN2O2/c17-11-6-5-10(14(20)16-18-7-8-19-16)13-9-3-1-2-4-12(9)21-15(11)13/h1-8H,(H,18,19). The van der Waals surface area contributed by atoms with Crippen molar-refractivity contribution in [1.82, 2.24) is 9.97 Å². The lowest BCUT2D eigenvalue weighted by atomic mass is 10.0. The van der Waals surface area contributed by atoms with E-state index in [1.54, 1.807) is 24.4 Å². The number of hydrogen-bond acceptors (Lipinski definition) is 3. The highest BCUT2D eigenvalue weighted by Gasteiger charge is 2.21. The van der Waals surface area contributed by atoms with Crippen molar-refractivity contribution in [2.75, 3.05) is 0 Å². The van der Waals surface area contributed by atoms with Crippen molar-refractivity contribution in [1.29, 1.82) is 0 Å². The molecule has 0 fully saturated rings. The van der Waals surface area contributed by atoms with Gasteiger partial charge in [-0.15, -0.1) is 0 Å². The van der Waals surface area contributed by atoms with Gasteiger partial charge in [-0.3, -0.25) is 4.79 Å². The van der Waals surface area contributed by atoms with Crippen molar-refractivity contribution in [2.24, 2.45) is 0 Å². The molecule has 0 amide bonds. The summed E-state index contributed by atoms with van der Waals surface area (Å²) in [4.78, 5) is 19.2. The fraction of sp³-hybridized carbons (Fsp3) is 0. The Morgan fingerprint density at radius 3 is 2.86 bits per heavy atom. The van der Waals surface area contributed by atoms with Gasteiger partial charge in [-0.25, -0.2) is 9.37 Å². The van der Waals surface area contributed by atoms with Gasteiger partial charge in [0.2, 0.25) is 5.78 Å². The number of nitrogens with zero attached hydrogens (tertiary/aromatic N) is 1. The van der Waals surface area contributed by atoms with Gasteiger partial charge in [-0.05, 0) is 18.2 Å². The monoisotopic (exact) mass is 280 g/mol. The first-order chi connectivity index (χ1) is 10.3. The molecule has 0 atom stereocenters. The van der Waals surface area contributed by atoms with Gasteiger partial charge in [0, 0.05) is 28.7 Å². The molecule has 4 aromatic rings. The second-order valence-corrected chi connectivity index (χ2v) is 4.66. The Bertz CT molecular complexity index is 971. The molecule has 1 N–H and O–H groups in total. The van der Waals surface area contributed by atoms with Crippen LogP contribution in [-0.2, 0) is 0 Å². The van der Waals surface area contributed by atoms with E-state index in [-0.39, 0.29) is 17.2 Å². The molecule has 2 aromatic carbocycles. The number of halogens is 1. The van der Waals surface area contributed by atoms with Gasteiger partial charge in [-0.1, -0.05) is 18.2 Å².